The molecule has 2 amide bonds. The van der Waals surface area contributed by atoms with Crippen LogP contribution in [0.15, 0.2) is 48.5 Å². The first kappa shape index (κ1) is 19.4. The van der Waals surface area contributed by atoms with Crippen LogP contribution in [0.2, 0.25) is 0 Å². The Morgan fingerprint density at radius 1 is 0.931 bits per heavy atom. The molecule has 0 aromatic heterocycles. The summed E-state index contributed by atoms with van der Waals surface area (Å²) in [5.41, 5.74) is 3.05. The average Bonchev–Trinajstić information content (AvgIpc) is 3.15. The fourth-order valence-corrected chi connectivity index (χ4v) is 4.13. The molecule has 2 heterocycles. The first-order valence-electron chi connectivity index (χ1n) is 10.3. The number of rotatable bonds is 4. The highest BCUT2D eigenvalue weighted by Crippen LogP contribution is 2.27. The number of amides is 2. The summed E-state index contributed by atoms with van der Waals surface area (Å²) in [6.45, 7) is 5.19. The minimum atomic E-state index is -0.585. The number of hydrogen-bond donors (Lipinski definition) is 0. The van der Waals surface area contributed by atoms with Crippen LogP contribution in [0.1, 0.15) is 18.9 Å². The van der Waals surface area contributed by atoms with Crippen molar-refractivity contribution in [2.75, 3.05) is 42.5 Å². The van der Waals surface area contributed by atoms with Gasteiger partial charge in [0.1, 0.15) is 11.7 Å². The van der Waals surface area contributed by atoms with Crippen molar-refractivity contribution in [3.8, 4) is 0 Å². The van der Waals surface area contributed by atoms with Gasteiger partial charge in [-0.1, -0.05) is 19.1 Å². The Bertz CT molecular complexity index is 874. The number of anilines is 2. The largest absolute Gasteiger partial charge is 0.368 e. The predicted molar refractivity (Wildman–Crippen MR) is 111 cm³/mol. The molecular formula is C23H26FN3O2. The van der Waals surface area contributed by atoms with Crippen molar-refractivity contribution in [1.29, 1.82) is 0 Å². The van der Waals surface area contributed by atoms with Gasteiger partial charge in [0.25, 0.3) is 0 Å². The summed E-state index contributed by atoms with van der Waals surface area (Å²) in [7, 11) is 0. The van der Waals surface area contributed by atoms with E-state index >= 15 is 0 Å². The maximum atomic E-state index is 13.1. The number of halogens is 1. The minimum absolute atomic E-state index is 0.0681. The third-order valence-electron chi connectivity index (χ3n) is 5.94. The van der Waals surface area contributed by atoms with E-state index in [1.54, 1.807) is 21.9 Å². The smallest absolute Gasteiger partial charge is 0.239 e. The van der Waals surface area contributed by atoms with Gasteiger partial charge in [0.05, 0.1) is 0 Å². The Morgan fingerprint density at radius 2 is 1.55 bits per heavy atom. The standard InChI is InChI=1S/C23H26FN3O2/c1-2-17-3-7-20(8-4-17)27-12-11-21(23(27)29)22(28)26-15-13-25(14-16-26)19-9-5-18(24)6-10-19/h3-10,21H,2,11-16H2,1H3. The van der Waals surface area contributed by atoms with Crippen LogP contribution in [0, 0.1) is 11.7 Å². The normalized spacial score (nSPS) is 19.7. The number of carbonyl (C=O) groups is 2. The van der Waals surface area contributed by atoms with Crippen molar-refractivity contribution in [1.82, 2.24) is 4.90 Å². The van der Waals surface area contributed by atoms with Gasteiger partial charge < -0.3 is 14.7 Å². The Kier molecular flexibility index (Phi) is 5.51. The monoisotopic (exact) mass is 395 g/mol. The van der Waals surface area contributed by atoms with Crippen molar-refractivity contribution in [3.63, 3.8) is 0 Å². The summed E-state index contributed by atoms with van der Waals surface area (Å²) in [4.78, 5) is 31.6. The van der Waals surface area contributed by atoms with E-state index in [0.29, 0.717) is 39.1 Å². The molecule has 4 rings (SSSR count). The molecule has 2 aromatic rings. The molecule has 0 radical (unpaired) electrons. The van der Waals surface area contributed by atoms with E-state index < -0.39 is 5.92 Å². The Labute approximate surface area is 170 Å². The quantitative estimate of drug-likeness (QED) is 0.748. The fourth-order valence-electron chi connectivity index (χ4n) is 4.13. The second kappa shape index (κ2) is 8.23. The number of nitrogens with zero attached hydrogens (tertiary/aromatic N) is 3. The zero-order chi connectivity index (χ0) is 20.4. The average molecular weight is 395 g/mol. The van der Waals surface area contributed by atoms with Crippen LogP contribution < -0.4 is 9.80 Å². The van der Waals surface area contributed by atoms with Gasteiger partial charge in [-0.15, -0.1) is 0 Å². The summed E-state index contributed by atoms with van der Waals surface area (Å²) in [6.07, 6.45) is 1.52. The van der Waals surface area contributed by atoms with Crippen molar-refractivity contribution in [3.05, 3.63) is 59.9 Å². The molecular weight excluding hydrogens is 369 g/mol. The molecule has 0 saturated carbocycles. The molecule has 0 N–H and O–H groups in total. The highest BCUT2D eigenvalue weighted by molar-refractivity contribution is 6.09. The topological polar surface area (TPSA) is 43.9 Å². The van der Waals surface area contributed by atoms with E-state index in [4.69, 9.17) is 0 Å². The van der Waals surface area contributed by atoms with E-state index in [9.17, 15) is 14.0 Å². The lowest BCUT2D eigenvalue weighted by atomic mass is 10.1. The maximum Gasteiger partial charge on any atom is 0.239 e. The van der Waals surface area contributed by atoms with Gasteiger partial charge >= 0.3 is 0 Å². The van der Waals surface area contributed by atoms with Gasteiger partial charge in [-0.25, -0.2) is 4.39 Å². The van der Waals surface area contributed by atoms with Crippen LogP contribution in [0.5, 0.6) is 0 Å². The summed E-state index contributed by atoms with van der Waals surface area (Å²) in [6, 6.07) is 14.4. The van der Waals surface area contributed by atoms with Crippen LogP contribution in [0.3, 0.4) is 0 Å². The first-order chi connectivity index (χ1) is 14.1. The molecule has 5 nitrogen and oxygen atoms in total. The van der Waals surface area contributed by atoms with Gasteiger partial charge in [-0.3, -0.25) is 9.59 Å². The molecule has 2 aromatic carbocycles. The lowest BCUT2D eigenvalue weighted by Crippen LogP contribution is -2.51. The number of hydrogen-bond acceptors (Lipinski definition) is 3. The third-order valence-corrected chi connectivity index (χ3v) is 5.94. The first-order valence-corrected chi connectivity index (χ1v) is 10.3. The molecule has 2 saturated heterocycles. The summed E-state index contributed by atoms with van der Waals surface area (Å²) >= 11 is 0. The van der Waals surface area contributed by atoms with Crippen molar-refractivity contribution in [2.24, 2.45) is 5.92 Å². The number of aryl methyl sites for hydroxylation is 1. The molecule has 2 fully saturated rings. The summed E-state index contributed by atoms with van der Waals surface area (Å²) in [5, 5.41) is 0. The van der Waals surface area contributed by atoms with E-state index in [2.05, 4.69) is 11.8 Å². The van der Waals surface area contributed by atoms with Crippen LogP contribution in [-0.2, 0) is 16.0 Å². The zero-order valence-corrected chi connectivity index (χ0v) is 16.7. The van der Waals surface area contributed by atoms with Gasteiger partial charge in [0, 0.05) is 44.1 Å². The van der Waals surface area contributed by atoms with Crippen LogP contribution >= 0.6 is 0 Å². The van der Waals surface area contributed by atoms with E-state index in [1.165, 1.54) is 17.7 Å². The van der Waals surface area contributed by atoms with Gasteiger partial charge in [0.15, 0.2) is 0 Å². The zero-order valence-electron chi connectivity index (χ0n) is 16.7. The fraction of sp³-hybridized carbons (Fsp3) is 0.391. The molecule has 1 unspecified atom stereocenters. The SMILES string of the molecule is CCc1ccc(N2CCC(C(=O)N3CCN(c4ccc(F)cc4)CC3)C2=O)cc1. The van der Waals surface area contributed by atoms with E-state index in [1.807, 2.05) is 24.3 Å². The lowest BCUT2D eigenvalue weighted by molar-refractivity contribution is -0.140. The van der Waals surface area contributed by atoms with Gasteiger partial charge in [-0.05, 0) is 54.8 Å². The van der Waals surface area contributed by atoms with Crippen molar-refractivity contribution >= 4 is 23.2 Å². The number of piperazine rings is 1. The maximum absolute atomic E-state index is 13.1. The Hall–Kier alpha value is -2.89. The summed E-state index contributed by atoms with van der Waals surface area (Å²) < 4.78 is 13.1. The number of carbonyl (C=O) groups excluding carboxylic acids is 2. The van der Waals surface area contributed by atoms with E-state index in [-0.39, 0.29) is 17.6 Å². The highest BCUT2D eigenvalue weighted by Gasteiger charge is 2.40. The van der Waals surface area contributed by atoms with E-state index in [0.717, 1.165) is 17.8 Å². The third kappa shape index (κ3) is 3.97. The van der Waals surface area contributed by atoms with Crippen LogP contribution in [-0.4, -0.2) is 49.4 Å². The molecule has 2 aliphatic rings. The molecule has 6 heteroatoms. The summed E-state index contributed by atoms with van der Waals surface area (Å²) in [5.74, 6) is -1.00. The molecule has 0 aliphatic carbocycles. The van der Waals surface area contributed by atoms with Crippen molar-refractivity contribution in [2.45, 2.75) is 19.8 Å². The molecule has 2 aliphatic heterocycles. The van der Waals surface area contributed by atoms with Crippen LogP contribution in [0.4, 0.5) is 15.8 Å². The highest BCUT2D eigenvalue weighted by atomic mass is 19.1. The number of benzene rings is 2. The lowest BCUT2D eigenvalue weighted by Gasteiger charge is -2.37. The second-order valence-corrected chi connectivity index (χ2v) is 7.64. The predicted octanol–water partition coefficient (Wildman–Crippen LogP) is 3.09. The molecule has 29 heavy (non-hydrogen) atoms. The molecule has 0 bridgehead atoms. The Balaban J connectivity index is 1.36. The minimum Gasteiger partial charge on any atom is -0.368 e. The van der Waals surface area contributed by atoms with Crippen LogP contribution in [0.25, 0.3) is 0 Å². The van der Waals surface area contributed by atoms with Gasteiger partial charge in [-0.2, -0.15) is 0 Å². The molecule has 1 atom stereocenters. The second-order valence-electron chi connectivity index (χ2n) is 7.64. The molecule has 152 valence electrons. The molecule has 0 spiro atoms. The Morgan fingerprint density at radius 3 is 2.17 bits per heavy atom. The van der Waals surface area contributed by atoms with Crippen molar-refractivity contribution < 1.29 is 14.0 Å². The van der Waals surface area contributed by atoms with Gasteiger partial charge in [0.2, 0.25) is 11.8 Å².